The summed E-state index contributed by atoms with van der Waals surface area (Å²) in [6.45, 7) is 7.72. The molecule has 0 saturated carbocycles. The van der Waals surface area contributed by atoms with E-state index in [9.17, 15) is 13.2 Å². The molecule has 166 valence electrons. The molecule has 2 aromatic heterocycles. The highest BCUT2D eigenvalue weighted by Crippen LogP contribution is 2.23. The van der Waals surface area contributed by atoms with Gasteiger partial charge in [-0.3, -0.25) is 4.79 Å². The zero-order valence-electron chi connectivity index (χ0n) is 18.2. The number of nitrogens with zero attached hydrogens (tertiary/aromatic N) is 3. The van der Waals surface area contributed by atoms with Gasteiger partial charge in [0.25, 0.3) is 0 Å². The molecule has 0 spiro atoms. The van der Waals surface area contributed by atoms with E-state index in [0.717, 1.165) is 6.26 Å². The number of hydrogen-bond acceptors (Lipinski definition) is 8. The van der Waals surface area contributed by atoms with Gasteiger partial charge in [0.2, 0.25) is 11.8 Å². The first-order chi connectivity index (χ1) is 14.4. The molecule has 1 unspecified atom stereocenters. The Labute approximate surface area is 181 Å². The van der Waals surface area contributed by atoms with E-state index in [1.54, 1.807) is 25.3 Å². The lowest BCUT2D eigenvalue weighted by Crippen LogP contribution is -2.27. The van der Waals surface area contributed by atoms with Gasteiger partial charge in [0.15, 0.2) is 27.3 Å². The normalized spacial score (nSPS) is 13.2. The summed E-state index contributed by atoms with van der Waals surface area (Å²) in [5, 5.41) is 6.79. The minimum atomic E-state index is -3.26. The quantitative estimate of drug-likeness (QED) is 0.586. The second-order valence-corrected chi connectivity index (χ2v) is 10.4. The van der Waals surface area contributed by atoms with Gasteiger partial charge < -0.3 is 14.3 Å². The number of amides is 1. The van der Waals surface area contributed by atoms with Crippen molar-refractivity contribution < 1.29 is 22.2 Å². The van der Waals surface area contributed by atoms with Crippen LogP contribution < -0.4 is 5.32 Å². The van der Waals surface area contributed by atoms with Crippen LogP contribution in [0.1, 0.15) is 57.8 Å². The molecule has 31 heavy (non-hydrogen) atoms. The first kappa shape index (κ1) is 22.7. The molecule has 1 aromatic carbocycles. The van der Waals surface area contributed by atoms with Crippen molar-refractivity contribution in [1.29, 1.82) is 0 Å². The Balaban J connectivity index is 1.55. The van der Waals surface area contributed by atoms with Crippen LogP contribution in [0.2, 0.25) is 0 Å². The number of carbonyl (C=O) groups is 1. The van der Waals surface area contributed by atoms with Crippen LogP contribution in [0, 0.1) is 0 Å². The summed E-state index contributed by atoms with van der Waals surface area (Å²) in [4.78, 5) is 21.1. The summed E-state index contributed by atoms with van der Waals surface area (Å²) in [5.74, 6) is 1.66. The predicted octanol–water partition coefficient (Wildman–Crippen LogP) is 3.24. The van der Waals surface area contributed by atoms with Crippen LogP contribution in [0.3, 0.4) is 0 Å². The average Bonchev–Trinajstić information content (AvgIpc) is 3.35. The summed E-state index contributed by atoms with van der Waals surface area (Å²) < 4.78 is 34.1. The lowest BCUT2D eigenvalue weighted by molar-refractivity contribution is -0.121. The molecule has 9 nitrogen and oxygen atoms in total. The highest BCUT2D eigenvalue weighted by atomic mass is 32.2. The van der Waals surface area contributed by atoms with Gasteiger partial charge in [-0.1, -0.05) is 25.9 Å². The highest BCUT2D eigenvalue weighted by molar-refractivity contribution is 7.90. The maximum absolute atomic E-state index is 12.3. The third-order valence-electron chi connectivity index (χ3n) is 4.55. The standard InChI is InChI=1S/C21H26N4O5S/c1-13(19-24-20(25-30-19)21(2,3)4)23-17(26)10-11-18-22-12-16(29-18)14-6-8-15(9-7-14)31(5,27)28/h6-9,12-13H,10-11H2,1-5H3,(H,23,26). The molecule has 0 saturated heterocycles. The molecular weight excluding hydrogens is 420 g/mol. The molecule has 0 aliphatic heterocycles. The summed E-state index contributed by atoms with van der Waals surface area (Å²) in [5.41, 5.74) is 0.467. The van der Waals surface area contributed by atoms with Gasteiger partial charge in [-0.15, -0.1) is 0 Å². The number of benzene rings is 1. The second kappa shape index (κ2) is 8.62. The molecule has 1 atom stereocenters. The first-order valence-corrected chi connectivity index (χ1v) is 11.7. The number of sulfone groups is 1. The Morgan fingerprint density at radius 2 is 1.87 bits per heavy atom. The van der Waals surface area contributed by atoms with Gasteiger partial charge in [-0.05, 0) is 31.2 Å². The zero-order valence-corrected chi connectivity index (χ0v) is 19.0. The van der Waals surface area contributed by atoms with Gasteiger partial charge in [-0.2, -0.15) is 4.98 Å². The predicted molar refractivity (Wildman–Crippen MR) is 113 cm³/mol. The molecule has 3 rings (SSSR count). The molecule has 10 heteroatoms. The average molecular weight is 447 g/mol. The third-order valence-corrected chi connectivity index (χ3v) is 5.68. The van der Waals surface area contributed by atoms with Crippen LogP contribution in [0.4, 0.5) is 0 Å². The maximum Gasteiger partial charge on any atom is 0.248 e. The van der Waals surface area contributed by atoms with Gasteiger partial charge in [0, 0.05) is 30.1 Å². The molecule has 2 heterocycles. The Kier molecular flexibility index (Phi) is 6.30. The molecular formula is C21H26N4O5S. The van der Waals surface area contributed by atoms with Crippen molar-refractivity contribution >= 4 is 15.7 Å². The van der Waals surface area contributed by atoms with E-state index in [-0.39, 0.29) is 22.6 Å². The summed E-state index contributed by atoms with van der Waals surface area (Å²) in [6.07, 6.45) is 3.20. The SMILES string of the molecule is CC(NC(=O)CCc1ncc(-c2ccc(S(C)(=O)=O)cc2)o1)c1nc(C(C)(C)C)no1. The van der Waals surface area contributed by atoms with E-state index in [1.165, 1.54) is 12.1 Å². The number of aromatic nitrogens is 3. The fourth-order valence-electron chi connectivity index (χ4n) is 2.74. The Hall–Kier alpha value is -3.01. The molecule has 0 aliphatic carbocycles. The Morgan fingerprint density at radius 3 is 2.45 bits per heavy atom. The van der Waals surface area contributed by atoms with E-state index >= 15 is 0 Å². The van der Waals surface area contributed by atoms with Crippen molar-refractivity contribution in [2.24, 2.45) is 0 Å². The number of rotatable bonds is 7. The van der Waals surface area contributed by atoms with Crippen molar-refractivity contribution in [3.63, 3.8) is 0 Å². The summed E-state index contributed by atoms with van der Waals surface area (Å²) in [6, 6.07) is 5.94. The Morgan fingerprint density at radius 1 is 1.19 bits per heavy atom. The molecule has 0 fully saturated rings. The lowest BCUT2D eigenvalue weighted by Gasteiger charge is -2.11. The molecule has 0 radical (unpaired) electrons. The topological polar surface area (TPSA) is 128 Å². The fourth-order valence-corrected chi connectivity index (χ4v) is 3.37. The third kappa shape index (κ3) is 5.78. The van der Waals surface area contributed by atoms with Crippen LogP contribution >= 0.6 is 0 Å². The van der Waals surface area contributed by atoms with Crippen LogP contribution in [0.15, 0.2) is 44.3 Å². The monoisotopic (exact) mass is 446 g/mol. The minimum Gasteiger partial charge on any atom is -0.441 e. The van der Waals surface area contributed by atoms with Crippen molar-refractivity contribution in [2.75, 3.05) is 6.26 Å². The van der Waals surface area contributed by atoms with Crippen LogP contribution in [0.25, 0.3) is 11.3 Å². The molecule has 1 N–H and O–H groups in total. The van der Waals surface area contributed by atoms with Crippen LogP contribution in [0.5, 0.6) is 0 Å². The maximum atomic E-state index is 12.3. The second-order valence-electron chi connectivity index (χ2n) is 8.41. The van der Waals surface area contributed by atoms with E-state index in [0.29, 0.717) is 35.4 Å². The van der Waals surface area contributed by atoms with Gasteiger partial charge >= 0.3 is 0 Å². The van der Waals surface area contributed by atoms with E-state index < -0.39 is 15.9 Å². The number of hydrogen-bond donors (Lipinski definition) is 1. The number of carbonyl (C=O) groups excluding carboxylic acids is 1. The fraction of sp³-hybridized carbons (Fsp3) is 0.429. The van der Waals surface area contributed by atoms with Gasteiger partial charge in [0.05, 0.1) is 11.1 Å². The largest absolute Gasteiger partial charge is 0.441 e. The first-order valence-electron chi connectivity index (χ1n) is 9.82. The molecule has 0 bridgehead atoms. The number of nitrogens with one attached hydrogen (secondary N) is 1. The zero-order chi connectivity index (χ0) is 22.8. The van der Waals surface area contributed by atoms with Crippen molar-refractivity contribution in [3.8, 4) is 11.3 Å². The minimum absolute atomic E-state index is 0.178. The van der Waals surface area contributed by atoms with Crippen molar-refractivity contribution in [3.05, 3.63) is 48.1 Å². The van der Waals surface area contributed by atoms with Gasteiger partial charge in [0.1, 0.15) is 6.04 Å². The van der Waals surface area contributed by atoms with E-state index in [1.807, 2.05) is 20.8 Å². The summed E-state index contributed by atoms with van der Waals surface area (Å²) in [7, 11) is -3.26. The lowest BCUT2D eigenvalue weighted by atomic mass is 9.96. The van der Waals surface area contributed by atoms with Crippen LogP contribution in [-0.4, -0.2) is 35.7 Å². The molecule has 3 aromatic rings. The van der Waals surface area contributed by atoms with E-state index in [2.05, 4.69) is 20.4 Å². The van der Waals surface area contributed by atoms with Crippen molar-refractivity contribution in [2.45, 2.75) is 56.9 Å². The number of oxazole rings is 1. The molecule has 0 aliphatic rings. The molecule has 1 amide bonds. The van der Waals surface area contributed by atoms with Crippen LogP contribution in [-0.2, 0) is 26.5 Å². The number of aryl methyl sites for hydroxylation is 1. The summed E-state index contributed by atoms with van der Waals surface area (Å²) >= 11 is 0. The van der Waals surface area contributed by atoms with Crippen molar-refractivity contribution in [1.82, 2.24) is 20.4 Å². The van der Waals surface area contributed by atoms with Gasteiger partial charge in [-0.25, -0.2) is 13.4 Å². The smallest absolute Gasteiger partial charge is 0.248 e. The Bertz CT molecular complexity index is 1160. The highest BCUT2D eigenvalue weighted by Gasteiger charge is 2.24. The van der Waals surface area contributed by atoms with E-state index in [4.69, 9.17) is 8.94 Å².